The normalized spacial score (nSPS) is 10.9. The van der Waals surface area contributed by atoms with Crippen molar-refractivity contribution in [3.63, 3.8) is 0 Å². The van der Waals surface area contributed by atoms with E-state index in [9.17, 15) is 4.79 Å². The van der Waals surface area contributed by atoms with Gasteiger partial charge in [-0.2, -0.15) is 4.68 Å². The maximum Gasteiger partial charge on any atom is 0.358 e. The van der Waals surface area contributed by atoms with Gasteiger partial charge in [0, 0.05) is 11.6 Å². The Hall–Kier alpha value is -1.76. The quantitative estimate of drug-likeness (QED) is 0.877. The van der Waals surface area contributed by atoms with E-state index < -0.39 is 5.97 Å². The van der Waals surface area contributed by atoms with E-state index in [1.165, 1.54) is 16.0 Å². The van der Waals surface area contributed by atoms with Gasteiger partial charge < -0.3 is 5.11 Å². The van der Waals surface area contributed by atoms with Crippen molar-refractivity contribution in [3.8, 4) is 5.13 Å². The summed E-state index contributed by atoms with van der Waals surface area (Å²) in [4.78, 5) is 15.1. The SMILES string of the molecule is CC(C)c1c(C(=O)O)nnn1-c1nccs1. The Kier molecular flexibility index (Phi) is 2.69. The van der Waals surface area contributed by atoms with E-state index in [-0.39, 0.29) is 11.6 Å². The van der Waals surface area contributed by atoms with Crippen LogP contribution >= 0.6 is 11.3 Å². The van der Waals surface area contributed by atoms with E-state index in [1.807, 2.05) is 19.2 Å². The Labute approximate surface area is 95.6 Å². The van der Waals surface area contributed by atoms with Crippen LogP contribution in [0.2, 0.25) is 0 Å². The van der Waals surface area contributed by atoms with Crippen LogP contribution in [0.25, 0.3) is 5.13 Å². The molecule has 84 valence electrons. The van der Waals surface area contributed by atoms with E-state index in [2.05, 4.69) is 15.3 Å². The highest BCUT2D eigenvalue weighted by Gasteiger charge is 2.23. The van der Waals surface area contributed by atoms with Gasteiger partial charge >= 0.3 is 5.97 Å². The van der Waals surface area contributed by atoms with Crippen molar-refractivity contribution in [1.29, 1.82) is 0 Å². The number of carboxylic acids is 1. The molecule has 0 aliphatic rings. The zero-order valence-corrected chi connectivity index (χ0v) is 9.60. The Morgan fingerprint density at radius 2 is 2.31 bits per heavy atom. The Balaban J connectivity index is 2.59. The fraction of sp³-hybridized carbons (Fsp3) is 0.333. The molecule has 2 rings (SSSR count). The molecule has 6 nitrogen and oxygen atoms in total. The fourth-order valence-electron chi connectivity index (χ4n) is 1.42. The van der Waals surface area contributed by atoms with Crippen molar-refractivity contribution in [2.45, 2.75) is 19.8 Å². The van der Waals surface area contributed by atoms with Crippen LogP contribution in [0.1, 0.15) is 35.9 Å². The molecule has 0 aromatic carbocycles. The summed E-state index contributed by atoms with van der Waals surface area (Å²) in [5, 5.41) is 18.9. The monoisotopic (exact) mass is 238 g/mol. The second-order valence-corrected chi connectivity index (χ2v) is 4.38. The molecule has 0 aliphatic carbocycles. The van der Waals surface area contributed by atoms with E-state index >= 15 is 0 Å². The summed E-state index contributed by atoms with van der Waals surface area (Å²) in [6, 6.07) is 0. The average Bonchev–Trinajstić information content (AvgIpc) is 2.85. The van der Waals surface area contributed by atoms with Crippen LogP contribution < -0.4 is 0 Å². The molecule has 0 atom stereocenters. The van der Waals surface area contributed by atoms with Crippen LogP contribution in [-0.2, 0) is 0 Å². The number of carbonyl (C=O) groups is 1. The standard InChI is InChI=1S/C9H10N4O2S/c1-5(2)7-6(8(14)15)11-12-13(7)9-10-3-4-16-9/h3-5H,1-2H3,(H,14,15). The van der Waals surface area contributed by atoms with Gasteiger partial charge in [-0.1, -0.05) is 19.1 Å². The van der Waals surface area contributed by atoms with Gasteiger partial charge in [-0.15, -0.1) is 16.4 Å². The van der Waals surface area contributed by atoms with Gasteiger partial charge in [-0.25, -0.2) is 9.78 Å². The van der Waals surface area contributed by atoms with Gasteiger partial charge in [-0.05, 0) is 5.92 Å². The van der Waals surface area contributed by atoms with Crippen molar-refractivity contribution < 1.29 is 9.90 Å². The Bertz CT molecular complexity index is 504. The zero-order valence-electron chi connectivity index (χ0n) is 8.78. The van der Waals surface area contributed by atoms with Crippen LogP contribution in [0.15, 0.2) is 11.6 Å². The van der Waals surface area contributed by atoms with Crippen molar-refractivity contribution in [2.24, 2.45) is 0 Å². The summed E-state index contributed by atoms with van der Waals surface area (Å²) in [7, 11) is 0. The Morgan fingerprint density at radius 3 is 2.81 bits per heavy atom. The smallest absolute Gasteiger partial charge is 0.358 e. The first-order chi connectivity index (χ1) is 7.61. The van der Waals surface area contributed by atoms with Crippen LogP contribution in [0.5, 0.6) is 0 Å². The second kappa shape index (κ2) is 4.01. The number of aromatic carboxylic acids is 1. The molecule has 1 N–H and O–H groups in total. The molecule has 0 radical (unpaired) electrons. The first-order valence-corrected chi connectivity index (χ1v) is 5.58. The van der Waals surface area contributed by atoms with Gasteiger partial charge in [0.25, 0.3) is 0 Å². The minimum absolute atomic E-state index is 0.00907. The molecule has 0 unspecified atom stereocenters. The second-order valence-electron chi connectivity index (χ2n) is 3.51. The van der Waals surface area contributed by atoms with Gasteiger partial charge in [-0.3, -0.25) is 0 Å². The summed E-state index contributed by atoms with van der Waals surface area (Å²) in [5.41, 5.74) is 0.563. The van der Waals surface area contributed by atoms with E-state index in [0.717, 1.165) is 0 Å². The molecule has 0 saturated carbocycles. The van der Waals surface area contributed by atoms with E-state index in [1.54, 1.807) is 6.20 Å². The number of thiazole rings is 1. The van der Waals surface area contributed by atoms with E-state index in [4.69, 9.17) is 5.11 Å². The molecule has 0 saturated heterocycles. The lowest BCUT2D eigenvalue weighted by molar-refractivity contribution is 0.0688. The molecule has 0 spiro atoms. The van der Waals surface area contributed by atoms with Crippen molar-refractivity contribution in [2.75, 3.05) is 0 Å². The molecular formula is C9H10N4O2S. The fourth-order valence-corrected chi connectivity index (χ4v) is 2.02. The number of carboxylic acid groups (broad SMARTS) is 1. The van der Waals surface area contributed by atoms with E-state index in [0.29, 0.717) is 10.8 Å². The third-order valence-electron chi connectivity index (χ3n) is 2.05. The lowest BCUT2D eigenvalue weighted by Gasteiger charge is -2.06. The number of aromatic nitrogens is 4. The van der Waals surface area contributed by atoms with Crippen molar-refractivity contribution in [3.05, 3.63) is 23.0 Å². The largest absolute Gasteiger partial charge is 0.476 e. The predicted molar refractivity (Wildman–Crippen MR) is 58.1 cm³/mol. The highest BCUT2D eigenvalue weighted by molar-refractivity contribution is 7.12. The number of hydrogen-bond donors (Lipinski definition) is 1. The molecule has 2 heterocycles. The molecule has 2 aromatic heterocycles. The Morgan fingerprint density at radius 1 is 1.56 bits per heavy atom. The zero-order chi connectivity index (χ0) is 11.7. The summed E-state index contributed by atoms with van der Waals surface area (Å²) >= 11 is 1.39. The molecule has 7 heteroatoms. The van der Waals surface area contributed by atoms with Gasteiger partial charge in [0.05, 0.1) is 5.69 Å². The third kappa shape index (κ3) is 1.69. The van der Waals surface area contributed by atoms with Crippen LogP contribution in [0, 0.1) is 0 Å². The molecule has 0 aliphatic heterocycles. The number of nitrogens with zero attached hydrogens (tertiary/aromatic N) is 4. The molecule has 0 fully saturated rings. The molecule has 16 heavy (non-hydrogen) atoms. The van der Waals surface area contributed by atoms with Crippen LogP contribution in [-0.4, -0.2) is 31.1 Å². The lowest BCUT2D eigenvalue weighted by atomic mass is 10.1. The van der Waals surface area contributed by atoms with Gasteiger partial charge in [0.1, 0.15) is 0 Å². The van der Waals surface area contributed by atoms with Gasteiger partial charge in [0.2, 0.25) is 5.13 Å². The summed E-state index contributed by atoms with van der Waals surface area (Å²) in [5.74, 6) is -1.04. The summed E-state index contributed by atoms with van der Waals surface area (Å²) in [6.45, 7) is 3.80. The summed E-state index contributed by atoms with van der Waals surface area (Å²) < 4.78 is 1.48. The maximum atomic E-state index is 11.0. The average molecular weight is 238 g/mol. The van der Waals surface area contributed by atoms with Gasteiger partial charge in [0.15, 0.2) is 5.69 Å². The maximum absolute atomic E-state index is 11.0. The molecule has 2 aromatic rings. The first-order valence-electron chi connectivity index (χ1n) is 4.70. The predicted octanol–water partition coefficient (Wildman–Crippen LogP) is 1.55. The minimum atomic E-state index is -1.06. The molecular weight excluding hydrogens is 228 g/mol. The van der Waals surface area contributed by atoms with Crippen molar-refractivity contribution >= 4 is 17.3 Å². The minimum Gasteiger partial charge on any atom is -0.476 e. The number of rotatable bonds is 3. The summed E-state index contributed by atoms with van der Waals surface area (Å²) in [6.07, 6.45) is 1.65. The topological polar surface area (TPSA) is 80.9 Å². The highest BCUT2D eigenvalue weighted by atomic mass is 32.1. The first kappa shape index (κ1) is 10.7. The van der Waals surface area contributed by atoms with Crippen molar-refractivity contribution in [1.82, 2.24) is 20.0 Å². The molecule has 0 amide bonds. The van der Waals surface area contributed by atoms with Crippen LogP contribution in [0.3, 0.4) is 0 Å². The van der Waals surface area contributed by atoms with Crippen LogP contribution in [0.4, 0.5) is 0 Å². The number of hydrogen-bond acceptors (Lipinski definition) is 5. The highest BCUT2D eigenvalue weighted by Crippen LogP contribution is 2.22. The third-order valence-corrected chi connectivity index (χ3v) is 2.80. The molecule has 0 bridgehead atoms. The lowest BCUT2D eigenvalue weighted by Crippen LogP contribution is -2.08.